The average Bonchev–Trinajstić information content (AvgIpc) is 2.98. The van der Waals surface area contributed by atoms with Crippen molar-refractivity contribution < 1.29 is 39.1 Å². The first kappa shape index (κ1) is 35.4. The van der Waals surface area contributed by atoms with Crippen molar-refractivity contribution in [2.75, 3.05) is 27.6 Å². The summed E-state index contributed by atoms with van der Waals surface area (Å²) in [6.07, 6.45) is 3.05. The molecular formula is C34H50O8. The highest BCUT2D eigenvalue weighted by atomic mass is 16.7. The predicted octanol–water partition coefficient (Wildman–Crippen LogP) is 5.98. The van der Waals surface area contributed by atoms with E-state index in [1.165, 1.54) is 7.11 Å². The molecule has 8 nitrogen and oxygen atoms in total. The van der Waals surface area contributed by atoms with Crippen LogP contribution in [0.1, 0.15) is 80.4 Å². The Morgan fingerprint density at radius 3 is 2.38 bits per heavy atom. The number of hydrogen-bond donors (Lipinski definition) is 3. The summed E-state index contributed by atoms with van der Waals surface area (Å²) >= 11 is 0. The summed E-state index contributed by atoms with van der Waals surface area (Å²) in [6, 6.07) is 11.4. The summed E-state index contributed by atoms with van der Waals surface area (Å²) in [6.45, 7) is 8.26. The number of hydrogen-bond acceptors (Lipinski definition) is 8. The lowest BCUT2D eigenvalue weighted by atomic mass is 9.83. The molecule has 0 aliphatic carbocycles. The Labute approximate surface area is 251 Å². The molecule has 0 aliphatic rings. The zero-order valence-electron chi connectivity index (χ0n) is 26.1. The number of aliphatic hydroxyl groups excluding tert-OH is 2. The molecule has 0 heterocycles. The molecule has 0 aliphatic heterocycles. The van der Waals surface area contributed by atoms with Crippen molar-refractivity contribution in [2.24, 2.45) is 11.8 Å². The summed E-state index contributed by atoms with van der Waals surface area (Å²) in [5.41, 5.74) is 2.86. The second-order valence-electron chi connectivity index (χ2n) is 11.0. The summed E-state index contributed by atoms with van der Waals surface area (Å²) in [4.78, 5) is 14.1. The fraction of sp³-hybridized carbons (Fsp3) is 0.559. The molecule has 0 amide bonds. The Morgan fingerprint density at radius 1 is 1.10 bits per heavy atom. The first-order valence-corrected chi connectivity index (χ1v) is 14.9. The van der Waals surface area contributed by atoms with Crippen molar-refractivity contribution in [2.45, 2.75) is 85.2 Å². The third-order valence-electron chi connectivity index (χ3n) is 7.18. The third kappa shape index (κ3) is 10.2. The molecule has 42 heavy (non-hydrogen) atoms. The van der Waals surface area contributed by atoms with Gasteiger partial charge in [-0.15, -0.1) is 0 Å². The van der Waals surface area contributed by atoms with Crippen LogP contribution in [0.3, 0.4) is 0 Å². The number of allylic oxidation sites excluding steroid dienone is 1. The standard InChI is InChI=1S/C34H50O8/c1-7-12-25(21-41-22-39-5)31(42-20-24-14-10-9-11-15-24)18-30(36)27(13-8-2)33(38)28-17-26(16-23(3)4)32(37)29(19-35)34(28)40-6/h9-12,14-15,17,23,27,30-31,35-37H,7-8,13,16,18-22H2,1-6H3/b25-12+/t27-,30+,31+/m0/s1. The summed E-state index contributed by atoms with van der Waals surface area (Å²) < 4.78 is 22.6. The lowest BCUT2D eigenvalue weighted by Gasteiger charge is -2.29. The topological polar surface area (TPSA) is 115 Å². The van der Waals surface area contributed by atoms with E-state index in [9.17, 15) is 20.1 Å². The van der Waals surface area contributed by atoms with Gasteiger partial charge in [0, 0.05) is 19.4 Å². The summed E-state index contributed by atoms with van der Waals surface area (Å²) in [7, 11) is 2.97. The van der Waals surface area contributed by atoms with Crippen molar-refractivity contribution in [3.05, 3.63) is 70.3 Å². The highest BCUT2D eigenvalue weighted by Crippen LogP contribution is 2.38. The van der Waals surface area contributed by atoms with E-state index in [-0.39, 0.29) is 54.1 Å². The van der Waals surface area contributed by atoms with Gasteiger partial charge in [-0.3, -0.25) is 4.79 Å². The van der Waals surface area contributed by atoms with Gasteiger partial charge in [-0.2, -0.15) is 0 Å². The van der Waals surface area contributed by atoms with E-state index >= 15 is 0 Å². The van der Waals surface area contributed by atoms with Crippen LogP contribution in [0.25, 0.3) is 0 Å². The van der Waals surface area contributed by atoms with Crippen molar-refractivity contribution in [1.29, 1.82) is 0 Å². The van der Waals surface area contributed by atoms with Crippen molar-refractivity contribution in [1.82, 2.24) is 0 Å². The predicted molar refractivity (Wildman–Crippen MR) is 164 cm³/mol. The monoisotopic (exact) mass is 586 g/mol. The normalized spacial score (nSPS) is 14.2. The van der Waals surface area contributed by atoms with Crippen LogP contribution in [0.2, 0.25) is 0 Å². The molecule has 2 aromatic rings. The van der Waals surface area contributed by atoms with Crippen molar-refractivity contribution >= 4 is 5.78 Å². The number of methoxy groups -OCH3 is 2. The number of Topliss-reactive ketones (excluding diaryl/α,β-unsaturated/α-hetero) is 1. The van der Waals surface area contributed by atoms with Crippen LogP contribution in [-0.4, -0.2) is 60.9 Å². The molecule has 0 fully saturated rings. The Hall–Kier alpha value is -2.75. The van der Waals surface area contributed by atoms with Gasteiger partial charge in [-0.25, -0.2) is 0 Å². The quantitative estimate of drug-likeness (QED) is 0.0751. The second kappa shape index (κ2) is 18.7. The van der Waals surface area contributed by atoms with E-state index in [0.717, 1.165) is 17.6 Å². The van der Waals surface area contributed by atoms with Crippen LogP contribution in [-0.2, 0) is 33.8 Å². The Morgan fingerprint density at radius 2 is 1.81 bits per heavy atom. The van der Waals surface area contributed by atoms with Gasteiger partial charge in [0.15, 0.2) is 5.78 Å². The van der Waals surface area contributed by atoms with Gasteiger partial charge in [0.2, 0.25) is 0 Å². The van der Waals surface area contributed by atoms with Crippen LogP contribution in [0.15, 0.2) is 48.0 Å². The smallest absolute Gasteiger partial charge is 0.172 e. The Bertz CT molecular complexity index is 1110. The van der Waals surface area contributed by atoms with Gasteiger partial charge < -0.3 is 34.3 Å². The minimum atomic E-state index is -1.04. The zero-order valence-corrected chi connectivity index (χ0v) is 26.1. The van der Waals surface area contributed by atoms with Crippen molar-refractivity contribution in [3.8, 4) is 11.5 Å². The van der Waals surface area contributed by atoms with Crippen LogP contribution in [0, 0.1) is 11.8 Å². The van der Waals surface area contributed by atoms with Gasteiger partial charge >= 0.3 is 0 Å². The maximum absolute atomic E-state index is 14.1. The summed E-state index contributed by atoms with van der Waals surface area (Å²) in [5, 5.41) is 32.6. The Kier molecular flexibility index (Phi) is 15.8. The zero-order chi connectivity index (χ0) is 31.1. The molecule has 0 radical (unpaired) electrons. The molecule has 3 atom stereocenters. The lowest BCUT2D eigenvalue weighted by Crippen LogP contribution is -2.34. The van der Waals surface area contributed by atoms with Crippen LogP contribution in [0.5, 0.6) is 11.5 Å². The Balaban J connectivity index is 2.46. The molecule has 3 N–H and O–H groups in total. The number of phenols is 1. The van der Waals surface area contributed by atoms with E-state index < -0.39 is 24.7 Å². The molecule has 0 spiro atoms. The molecule has 8 heteroatoms. The molecule has 0 unspecified atom stereocenters. The number of aliphatic hydroxyl groups is 2. The van der Waals surface area contributed by atoms with Gasteiger partial charge in [0.1, 0.15) is 18.3 Å². The number of carbonyl (C=O) groups is 1. The summed E-state index contributed by atoms with van der Waals surface area (Å²) in [5.74, 6) is -0.761. The van der Waals surface area contributed by atoms with Gasteiger partial charge in [0.05, 0.1) is 50.3 Å². The van der Waals surface area contributed by atoms with Crippen molar-refractivity contribution in [3.63, 3.8) is 0 Å². The van der Waals surface area contributed by atoms with E-state index in [2.05, 4.69) is 0 Å². The van der Waals surface area contributed by atoms with E-state index in [0.29, 0.717) is 31.4 Å². The molecular weight excluding hydrogens is 536 g/mol. The SMILES string of the molecule is CC/C=C(\COCOC)[C@@H](C[C@@H](O)[C@H](CCC)C(=O)c1cc(CC(C)C)c(O)c(CO)c1OC)OCc1ccccc1. The molecule has 2 aromatic carbocycles. The highest BCUT2D eigenvalue weighted by molar-refractivity contribution is 6.01. The van der Waals surface area contributed by atoms with Gasteiger partial charge in [0.25, 0.3) is 0 Å². The first-order chi connectivity index (χ1) is 20.2. The largest absolute Gasteiger partial charge is 0.507 e. The fourth-order valence-electron chi connectivity index (χ4n) is 5.21. The number of aromatic hydroxyl groups is 1. The molecule has 234 valence electrons. The lowest BCUT2D eigenvalue weighted by molar-refractivity contribution is -0.0367. The fourth-order valence-corrected chi connectivity index (χ4v) is 5.21. The van der Waals surface area contributed by atoms with Crippen LogP contribution >= 0.6 is 0 Å². The van der Waals surface area contributed by atoms with Gasteiger partial charge in [-0.1, -0.05) is 70.5 Å². The average molecular weight is 587 g/mol. The number of rotatable bonds is 20. The molecule has 0 saturated carbocycles. The van der Waals surface area contributed by atoms with Crippen LogP contribution in [0.4, 0.5) is 0 Å². The second-order valence-corrected chi connectivity index (χ2v) is 11.0. The third-order valence-corrected chi connectivity index (χ3v) is 7.18. The first-order valence-electron chi connectivity index (χ1n) is 14.9. The minimum Gasteiger partial charge on any atom is -0.507 e. The highest BCUT2D eigenvalue weighted by Gasteiger charge is 2.34. The number of ketones is 1. The molecule has 0 bridgehead atoms. The molecule has 2 rings (SSSR count). The minimum absolute atomic E-state index is 0.0630. The van der Waals surface area contributed by atoms with Gasteiger partial charge in [-0.05, 0) is 47.9 Å². The maximum Gasteiger partial charge on any atom is 0.172 e. The molecule has 0 saturated heterocycles. The van der Waals surface area contributed by atoms with E-state index in [4.69, 9.17) is 18.9 Å². The van der Waals surface area contributed by atoms with E-state index in [1.54, 1.807) is 13.2 Å². The van der Waals surface area contributed by atoms with Crippen LogP contribution < -0.4 is 4.74 Å². The molecule has 0 aromatic heterocycles. The maximum atomic E-state index is 14.1. The number of benzene rings is 2. The number of carbonyl (C=O) groups excluding carboxylic acids is 1. The van der Waals surface area contributed by atoms with E-state index in [1.807, 2.05) is 64.1 Å². The number of ether oxygens (including phenoxy) is 4.